The van der Waals surface area contributed by atoms with E-state index in [0.29, 0.717) is 0 Å². The molecule has 78 valence electrons. The van der Waals surface area contributed by atoms with Crippen molar-refractivity contribution < 1.29 is 0 Å². The normalized spacial score (nSPS) is 19.9. The molecular weight excluding hydrogens is 170 g/mol. The minimum Gasteiger partial charge on any atom is -0.308 e. The van der Waals surface area contributed by atoms with Gasteiger partial charge in [-0.05, 0) is 40.2 Å². The molecule has 0 heterocycles. The zero-order chi connectivity index (χ0) is 10.8. The van der Waals surface area contributed by atoms with Crippen molar-refractivity contribution in [1.82, 2.24) is 5.32 Å². The summed E-state index contributed by atoms with van der Waals surface area (Å²) in [6, 6.07) is 0. The van der Waals surface area contributed by atoms with Gasteiger partial charge in [0.2, 0.25) is 0 Å². The first-order valence-corrected chi connectivity index (χ1v) is 5.20. The maximum Gasteiger partial charge on any atom is 0.0175 e. The van der Waals surface area contributed by atoms with E-state index in [2.05, 4.69) is 58.2 Å². The molecule has 1 rings (SSSR count). The molecule has 0 amide bonds. The standard InChI is InChI=1S/C13H21N/c1-10-6-7-12(8-10)11(2)9-14-13(3,4)5/h6-8,14H,9H2,1-5H3. The zero-order valence-electron chi connectivity index (χ0n) is 9.94. The molecule has 1 heteroatoms. The summed E-state index contributed by atoms with van der Waals surface area (Å²) in [5, 5.41) is 3.49. The maximum atomic E-state index is 3.49. The molecule has 0 aromatic heterocycles. The van der Waals surface area contributed by atoms with Gasteiger partial charge < -0.3 is 5.32 Å². The number of hydrogen-bond acceptors (Lipinski definition) is 1. The average molecular weight is 191 g/mol. The summed E-state index contributed by atoms with van der Waals surface area (Å²) in [5.41, 5.74) is 4.31. The van der Waals surface area contributed by atoms with E-state index in [1.165, 1.54) is 16.7 Å². The molecule has 0 saturated carbocycles. The Hall–Kier alpha value is -0.820. The van der Waals surface area contributed by atoms with Gasteiger partial charge in [0.25, 0.3) is 0 Å². The molecule has 0 bridgehead atoms. The Morgan fingerprint density at radius 3 is 2.36 bits per heavy atom. The van der Waals surface area contributed by atoms with Gasteiger partial charge in [0.1, 0.15) is 0 Å². The van der Waals surface area contributed by atoms with Gasteiger partial charge in [-0.2, -0.15) is 0 Å². The first-order valence-electron chi connectivity index (χ1n) is 5.20. The van der Waals surface area contributed by atoms with Crippen LogP contribution in [0, 0.1) is 0 Å². The molecule has 1 aliphatic carbocycles. The Morgan fingerprint density at radius 1 is 1.29 bits per heavy atom. The summed E-state index contributed by atoms with van der Waals surface area (Å²) in [4.78, 5) is 0. The maximum absolute atomic E-state index is 3.49. The van der Waals surface area contributed by atoms with E-state index < -0.39 is 0 Å². The van der Waals surface area contributed by atoms with Crippen LogP contribution in [-0.2, 0) is 0 Å². The monoisotopic (exact) mass is 191 g/mol. The lowest BCUT2D eigenvalue weighted by Crippen LogP contribution is -2.36. The Labute approximate surface area is 87.6 Å². The van der Waals surface area contributed by atoms with Crippen LogP contribution in [0.25, 0.3) is 0 Å². The molecule has 1 aliphatic rings. The van der Waals surface area contributed by atoms with Crippen LogP contribution in [0.5, 0.6) is 0 Å². The van der Waals surface area contributed by atoms with Gasteiger partial charge in [-0.1, -0.05) is 29.4 Å². The van der Waals surface area contributed by atoms with Gasteiger partial charge in [0, 0.05) is 12.1 Å². The number of hydrogen-bond donors (Lipinski definition) is 1. The van der Waals surface area contributed by atoms with Gasteiger partial charge in [-0.25, -0.2) is 0 Å². The molecule has 0 aromatic rings. The van der Waals surface area contributed by atoms with E-state index in [-0.39, 0.29) is 5.54 Å². The van der Waals surface area contributed by atoms with Gasteiger partial charge in [-0.15, -0.1) is 0 Å². The molecule has 0 radical (unpaired) electrons. The summed E-state index contributed by atoms with van der Waals surface area (Å²) >= 11 is 0. The van der Waals surface area contributed by atoms with Crippen LogP contribution in [0.1, 0.15) is 34.6 Å². The quantitative estimate of drug-likeness (QED) is 0.706. The third kappa shape index (κ3) is 3.51. The van der Waals surface area contributed by atoms with Gasteiger partial charge in [0.15, 0.2) is 0 Å². The Morgan fingerprint density at radius 2 is 1.93 bits per heavy atom. The Kier molecular flexibility index (Phi) is 3.33. The smallest absolute Gasteiger partial charge is 0.0175 e. The van der Waals surface area contributed by atoms with E-state index in [4.69, 9.17) is 0 Å². The third-order valence-electron chi connectivity index (χ3n) is 2.29. The largest absolute Gasteiger partial charge is 0.308 e. The molecule has 0 aromatic carbocycles. The molecule has 1 nitrogen and oxygen atoms in total. The molecule has 0 atom stereocenters. The van der Waals surface area contributed by atoms with Crippen molar-refractivity contribution in [1.29, 1.82) is 0 Å². The van der Waals surface area contributed by atoms with E-state index in [9.17, 15) is 0 Å². The highest BCUT2D eigenvalue weighted by molar-refractivity contribution is 5.47. The second-order valence-electron chi connectivity index (χ2n) is 5.06. The fraction of sp³-hybridized carbons (Fsp3) is 0.538. The van der Waals surface area contributed by atoms with Crippen molar-refractivity contribution in [2.45, 2.75) is 40.2 Å². The average Bonchev–Trinajstić information content (AvgIpc) is 2.46. The first kappa shape index (κ1) is 11.3. The van der Waals surface area contributed by atoms with Gasteiger partial charge >= 0.3 is 0 Å². The van der Waals surface area contributed by atoms with E-state index in [1.54, 1.807) is 0 Å². The van der Waals surface area contributed by atoms with Crippen LogP contribution in [-0.4, -0.2) is 12.1 Å². The van der Waals surface area contributed by atoms with Crippen LogP contribution in [0.3, 0.4) is 0 Å². The number of allylic oxidation sites excluding steroid dienone is 5. The minimum absolute atomic E-state index is 0.197. The molecule has 14 heavy (non-hydrogen) atoms. The second-order valence-corrected chi connectivity index (χ2v) is 5.06. The van der Waals surface area contributed by atoms with E-state index in [0.717, 1.165) is 6.54 Å². The molecule has 0 aliphatic heterocycles. The summed E-state index contributed by atoms with van der Waals surface area (Å²) in [6.07, 6.45) is 6.59. The van der Waals surface area contributed by atoms with Crippen LogP contribution < -0.4 is 5.32 Å². The molecule has 1 N–H and O–H groups in total. The van der Waals surface area contributed by atoms with Crippen molar-refractivity contribution in [3.8, 4) is 0 Å². The van der Waals surface area contributed by atoms with Crippen LogP contribution in [0.4, 0.5) is 0 Å². The van der Waals surface area contributed by atoms with Crippen molar-refractivity contribution in [3.63, 3.8) is 0 Å². The molecule has 0 fully saturated rings. The van der Waals surface area contributed by atoms with E-state index >= 15 is 0 Å². The Balaban J connectivity index is 2.59. The molecular formula is C13H21N. The van der Waals surface area contributed by atoms with Crippen molar-refractivity contribution in [2.24, 2.45) is 0 Å². The highest BCUT2D eigenvalue weighted by Gasteiger charge is 2.09. The molecule has 0 saturated heterocycles. The van der Waals surface area contributed by atoms with Crippen LogP contribution in [0.15, 0.2) is 34.9 Å². The molecule has 0 unspecified atom stereocenters. The van der Waals surface area contributed by atoms with Crippen molar-refractivity contribution in [3.05, 3.63) is 34.9 Å². The lowest BCUT2D eigenvalue weighted by molar-refractivity contribution is 0.444. The van der Waals surface area contributed by atoms with Crippen LogP contribution >= 0.6 is 0 Å². The predicted molar refractivity (Wildman–Crippen MR) is 63.4 cm³/mol. The zero-order valence-corrected chi connectivity index (χ0v) is 9.94. The topological polar surface area (TPSA) is 12.0 Å². The fourth-order valence-corrected chi connectivity index (χ4v) is 1.33. The number of nitrogens with one attached hydrogen (secondary N) is 1. The molecule has 0 spiro atoms. The second kappa shape index (κ2) is 4.14. The van der Waals surface area contributed by atoms with E-state index in [1.807, 2.05) is 0 Å². The third-order valence-corrected chi connectivity index (χ3v) is 2.29. The predicted octanol–water partition coefficient (Wildman–Crippen LogP) is 3.21. The van der Waals surface area contributed by atoms with Crippen LogP contribution in [0.2, 0.25) is 0 Å². The lowest BCUT2D eigenvalue weighted by atomic mass is 10.1. The Bertz CT molecular complexity index is 298. The highest BCUT2D eigenvalue weighted by atomic mass is 14.9. The summed E-state index contributed by atoms with van der Waals surface area (Å²) in [6.45, 7) is 11.9. The van der Waals surface area contributed by atoms with Gasteiger partial charge in [0.05, 0.1) is 0 Å². The summed E-state index contributed by atoms with van der Waals surface area (Å²) in [7, 11) is 0. The SMILES string of the molecule is CC1=CC(=C(C)CNC(C)(C)C)C=C1. The van der Waals surface area contributed by atoms with Crippen molar-refractivity contribution in [2.75, 3.05) is 6.54 Å². The summed E-state index contributed by atoms with van der Waals surface area (Å²) in [5.74, 6) is 0. The van der Waals surface area contributed by atoms with Crippen molar-refractivity contribution >= 4 is 0 Å². The first-order chi connectivity index (χ1) is 6.38. The highest BCUT2D eigenvalue weighted by Crippen LogP contribution is 2.18. The fourth-order valence-electron chi connectivity index (χ4n) is 1.33. The van der Waals surface area contributed by atoms with Gasteiger partial charge in [-0.3, -0.25) is 0 Å². The number of rotatable bonds is 2. The minimum atomic E-state index is 0.197. The lowest BCUT2D eigenvalue weighted by Gasteiger charge is -2.21. The summed E-state index contributed by atoms with van der Waals surface area (Å²) < 4.78 is 0.